The molecule has 0 aliphatic carbocycles. The Labute approximate surface area is 235 Å². The van der Waals surface area contributed by atoms with Gasteiger partial charge in [0, 0.05) is 34.5 Å². The van der Waals surface area contributed by atoms with Crippen molar-refractivity contribution in [2.75, 3.05) is 18.4 Å². The smallest absolute Gasteiger partial charge is 0.224 e. The molecule has 4 aromatic heterocycles. The average molecular weight is 546 g/mol. The lowest BCUT2D eigenvalue weighted by Gasteiger charge is -2.21. The topological polar surface area (TPSA) is 111 Å². The lowest BCUT2D eigenvalue weighted by Crippen LogP contribution is -2.30. The fraction of sp³-hybridized carbons (Fsp3) is 0.188. The molecule has 0 bridgehead atoms. The van der Waals surface area contributed by atoms with Crippen molar-refractivity contribution < 1.29 is 9.18 Å². The summed E-state index contributed by atoms with van der Waals surface area (Å²) in [7, 11) is 0. The van der Waals surface area contributed by atoms with Crippen LogP contribution in [0.1, 0.15) is 19.3 Å². The number of aromatic nitrogens is 5. The number of piperidine rings is 1. The van der Waals surface area contributed by atoms with Crippen molar-refractivity contribution in [3.05, 3.63) is 85.1 Å². The van der Waals surface area contributed by atoms with Crippen LogP contribution in [0.3, 0.4) is 0 Å². The molecular formula is C32H28FN7O. The number of benzene rings is 2. The Balaban J connectivity index is 1.19. The first-order chi connectivity index (χ1) is 20.1. The number of rotatable bonds is 6. The minimum absolute atomic E-state index is 0.00723. The van der Waals surface area contributed by atoms with Gasteiger partial charge in [-0.2, -0.15) is 5.10 Å². The van der Waals surface area contributed by atoms with Gasteiger partial charge >= 0.3 is 0 Å². The Bertz CT molecular complexity index is 1890. The first-order valence-electron chi connectivity index (χ1n) is 13.8. The molecule has 5 heterocycles. The van der Waals surface area contributed by atoms with E-state index in [1.54, 1.807) is 30.7 Å². The number of aromatic amines is 2. The van der Waals surface area contributed by atoms with Crippen LogP contribution in [0.25, 0.3) is 55.6 Å². The van der Waals surface area contributed by atoms with Crippen LogP contribution in [-0.2, 0) is 4.79 Å². The SMILES string of the molecule is O=C(CC1CCNCC1)Nc1cncc(-c2cc3c(-c4cc5c(-c6cccc(F)c6)cccc5[nH]4)n[nH]c3cn2)c1. The second-order valence-electron chi connectivity index (χ2n) is 10.6. The van der Waals surface area contributed by atoms with E-state index in [1.165, 1.54) is 6.07 Å². The van der Waals surface area contributed by atoms with Crippen molar-refractivity contribution in [2.45, 2.75) is 19.3 Å². The minimum Gasteiger partial charge on any atom is -0.353 e. The van der Waals surface area contributed by atoms with E-state index in [4.69, 9.17) is 0 Å². The molecule has 1 aliphatic heterocycles. The first-order valence-corrected chi connectivity index (χ1v) is 13.8. The van der Waals surface area contributed by atoms with Gasteiger partial charge < -0.3 is 15.6 Å². The molecule has 0 unspecified atom stereocenters. The Morgan fingerprint density at radius 2 is 1.80 bits per heavy atom. The molecule has 0 saturated carbocycles. The molecule has 9 heteroatoms. The number of carbonyl (C=O) groups excluding carboxylic acids is 1. The molecule has 1 fully saturated rings. The van der Waals surface area contributed by atoms with Gasteiger partial charge in [0.05, 0.1) is 35.0 Å². The monoisotopic (exact) mass is 545 g/mol. The zero-order valence-corrected chi connectivity index (χ0v) is 22.2. The summed E-state index contributed by atoms with van der Waals surface area (Å²) in [6.07, 6.45) is 7.71. The largest absolute Gasteiger partial charge is 0.353 e. The number of amides is 1. The predicted molar refractivity (Wildman–Crippen MR) is 159 cm³/mol. The van der Waals surface area contributed by atoms with Crippen molar-refractivity contribution >= 4 is 33.4 Å². The van der Waals surface area contributed by atoms with Crippen LogP contribution < -0.4 is 10.6 Å². The summed E-state index contributed by atoms with van der Waals surface area (Å²) in [5, 5.41) is 15.9. The summed E-state index contributed by atoms with van der Waals surface area (Å²) < 4.78 is 14.0. The molecule has 8 nitrogen and oxygen atoms in total. The number of hydrogen-bond acceptors (Lipinski definition) is 5. The average Bonchev–Trinajstić information content (AvgIpc) is 3.61. The number of nitrogens with one attached hydrogen (secondary N) is 4. The standard InChI is InChI=1S/C32H28FN7O/c33-22-4-1-3-20(12-22)24-5-2-6-27-25(24)14-29(38-27)32-26-15-28(36-18-30(26)39-40-32)21-13-23(17-35-16-21)37-31(41)11-19-7-9-34-10-8-19/h1-6,12-19,34,38H,7-11H2,(H,37,41)(H,39,40). The highest BCUT2D eigenvalue weighted by atomic mass is 19.1. The molecule has 6 aromatic rings. The summed E-state index contributed by atoms with van der Waals surface area (Å²) >= 11 is 0. The second kappa shape index (κ2) is 10.6. The highest BCUT2D eigenvalue weighted by Gasteiger charge is 2.18. The highest BCUT2D eigenvalue weighted by Crippen LogP contribution is 2.35. The Hall–Kier alpha value is -4.89. The number of halogens is 1. The quantitative estimate of drug-likeness (QED) is 0.196. The molecule has 0 atom stereocenters. The maximum absolute atomic E-state index is 14.0. The van der Waals surface area contributed by atoms with Crippen LogP contribution in [-0.4, -0.2) is 44.1 Å². The van der Waals surface area contributed by atoms with Crippen molar-refractivity contribution in [3.63, 3.8) is 0 Å². The van der Waals surface area contributed by atoms with Gasteiger partial charge in [-0.3, -0.25) is 19.9 Å². The lowest BCUT2D eigenvalue weighted by atomic mass is 9.94. The van der Waals surface area contributed by atoms with Gasteiger partial charge in [-0.25, -0.2) is 4.39 Å². The molecule has 1 amide bonds. The number of hydrogen-bond donors (Lipinski definition) is 4. The molecule has 0 spiro atoms. The number of anilines is 1. The fourth-order valence-corrected chi connectivity index (χ4v) is 5.68. The van der Waals surface area contributed by atoms with Crippen LogP contribution in [0.5, 0.6) is 0 Å². The molecule has 1 saturated heterocycles. The zero-order valence-electron chi connectivity index (χ0n) is 22.2. The van der Waals surface area contributed by atoms with Crippen LogP contribution in [0.2, 0.25) is 0 Å². The summed E-state index contributed by atoms with van der Waals surface area (Å²) in [4.78, 5) is 25.1. The van der Waals surface area contributed by atoms with E-state index in [2.05, 4.69) is 35.8 Å². The van der Waals surface area contributed by atoms with Crippen molar-refractivity contribution in [3.8, 4) is 33.8 Å². The second-order valence-corrected chi connectivity index (χ2v) is 10.6. The molecule has 4 N–H and O–H groups in total. The van der Waals surface area contributed by atoms with Crippen LogP contribution >= 0.6 is 0 Å². The van der Waals surface area contributed by atoms with E-state index >= 15 is 0 Å². The normalized spacial score (nSPS) is 14.1. The first kappa shape index (κ1) is 25.1. The Morgan fingerprint density at radius 3 is 2.68 bits per heavy atom. The molecular weight excluding hydrogens is 517 g/mol. The molecule has 7 rings (SSSR count). The van der Waals surface area contributed by atoms with Gasteiger partial charge in [0.25, 0.3) is 0 Å². The highest BCUT2D eigenvalue weighted by molar-refractivity contribution is 6.01. The van der Waals surface area contributed by atoms with E-state index < -0.39 is 0 Å². The van der Waals surface area contributed by atoms with E-state index in [9.17, 15) is 9.18 Å². The fourth-order valence-electron chi connectivity index (χ4n) is 5.68. The zero-order chi connectivity index (χ0) is 27.8. The van der Waals surface area contributed by atoms with Crippen LogP contribution in [0.4, 0.5) is 10.1 Å². The third kappa shape index (κ3) is 5.07. The Morgan fingerprint density at radius 1 is 0.927 bits per heavy atom. The minimum atomic E-state index is -0.270. The summed E-state index contributed by atoms with van der Waals surface area (Å²) in [5.74, 6) is 0.145. The number of H-pyrrole nitrogens is 2. The lowest BCUT2D eigenvalue weighted by molar-refractivity contribution is -0.117. The summed E-state index contributed by atoms with van der Waals surface area (Å²) in [6, 6.07) is 18.5. The Kier molecular flexibility index (Phi) is 6.48. The van der Waals surface area contributed by atoms with Gasteiger partial charge in [-0.15, -0.1) is 0 Å². The maximum atomic E-state index is 14.0. The van der Waals surface area contributed by atoms with E-state index in [0.717, 1.165) is 81.5 Å². The number of nitrogens with zero attached hydrogens (tertiary/aromatic N) is 3. The number of pyridine rings is 2. The number of carbonyl (C=O) groups is 1. The van der Waals surface area contributed by atoms with E-state index in [-0.39, 0.29) is 11.7 Å². The van der Waals surface area contributed by atoms with E-state index in [1.807, 2.05) is 42.5 Å². The number of fused-ring (bicyclic) bond motifs is 2. The van der Waals surface area contributed by atoms with Gasteiger partial charge in [-0.1, -0.05) is 24.3 Å². The van der Waals surface area contributed by atoms with Crippen molar-refractivity contribution in [2.24, 2.45) is 5.92 Å². The molecule has 0 radical (unpaired) electrons. The van der Waals surface area contributed by atoms with E-state index in [0.29, 0.717) is 18.0 Å². The van der Waals surface area contributed by atoms with Crippen molar-refractivity contribution in [1.82, 2.24) is 30.5 Å². The van der Waals surface area contributed by atoms with Crippen molar-refractivity contribution in [1.29, 1.82) is 0 Å². The van der Waals surface area contributed by atoms with Gasteiger partial charge in [0.15, 0.2) is 0 Å². The van der Waals surface area contributed by atoms with Gasteiger partial charge in [-0.05, 0) is 79.4 Å². The van der Waals surface area contributed by atoms with Gasteiger partial charge in [0.1, 0.15) is 11.5 Å². The third-order valence-electron chi connectivity index (χ3n) is 7.75. The molecule has 1 aliphatic rings. The van der Waals surface area contributed by atoms with Crippen LogP contribution in [0, 0.1) is 11.7 Å². The predicted octanol–water partition coefficient (Wildman–Crippen LogP) is 6.30. The molecule has 41 heavy (non-hydrogen) atoms. The summed E-state index contributed by atoms with van der Waals surface area (Å²) in [6.45, 7) is 1.93. The maximum Gasteiger partial charge on any atom is 0.224 e. The van der Waals surface area contributed by atoms with Gasteiger partial charge in [0.2, 0.25) is 5.91 Å². The summed E-state index contributed by atoms with van der Waals surface area (Å²) in [5.41, 5.74) is 7.25. The third-order valence-corrected chi connectivity index (χ3v) is 7.75. The molecule has 204 valence electrons. The van der Waals surface area contributed by atoms with Crippen LogP contribution in [0.15, 0.2) is 79.3 Å². The molecule has 2 aromatic carbocycles.